The number of hydrogen-bond acceptors (Lipinski definition) is 3. The molecule has 0 aromatic carbocycles. The summed E-state index contributed by atoms with van der Waals surface area (Å²) in [6.45, 7) is 11.5. The Morgan fingerprint density at radius 3 is 2.94 bits per heavy atom. The van der Waals surface area contributed by atoms with Crippen molar-refractivity contribution in [2.75, 3.05) is 19.8 Å². The second-order valence-electron chi connectivity index (χ2n) is 5.72. The highest BCUT2D eigenvalue weighted by molar-refractivity contribution is 5.11. The maximum Gasteiger partial charge on any atom is 0.0685 e. The van der Waals surface area contributed by atoms with Crippen LogP contribution in [-0.4, -0.2) is 38.0 Å². The van der Waals surface area contributed by atoms with Crippen LogP contribution in [0.2, 0.25) is 0 Å². The minimum atomic E-state index is 0.285. The zero-order valence-electron chi connectivity index (χ0n) is 11.0. The van der Waals surface area contributed by atoms with Gasteiger partial charge in [-0.1, -0.05) is 13.8 Å². The van der Waals surface area contributed by atoms with E-state index in [0.717, 1.165) is 25.7 Å². The Balaban J connectivity index is 1.81. The van der Waals surface area contributed by atoms with Crippen molar-refractivity contribution in [2.45, 2.75) is 52.4 Å². The minimum absolute atomic E-state index is 0.285. The summed E-state index contributed by atoms with van der Waals surface area (Å²) in [5.74, 6) is 0.726. The molecule has 2 aliphatic rings. The van der Waals surface area contributed by atoms with Crippen LogP contribution in [-0.2, 0) is 9.47 Å². The molecule has 3 heteroatoms. The van der Waals surface area contributed by atoms with Gasteiger partial charge in [0.1, 0.15) is 0 Å². The molecule has 1 heterocycles. The van der Waals surface area contributed by atoms with Crippen molar-refractivity contribution >= 4 is 0 Å². The van der Waals surface area contributed by atoms with Gasteiger partial charge in [0.25, 0.3) is 0 Å². The van der Waals surface area contributed by atoms with Crippen LogP contribution in [0, 0.1) is 11.3 Å². The highest BCUT2D eigenvalue weighted by atomic mass is 16.5. The monoisotopic (exact) mass is 227 g/mol. The normalized spacial score (nSPS) is 37.9. The lowest BCUT2D eigenvalue weighted by Gasteiger charge is -2.55. The van der Waals surface area contributed by atoms with Crippen LogP contribution in [0.1, 0.15) is 34.1 Å². The van der Waals surface area contributed by atoms with E-state index in [-0.39, 0.29) is 5.41 Å². The highest BCUT2D eigenvalue weighted by Crippen LogP contribution is 2.51. The van der Waals surface area contributed by atoms with Crippen LogP contribution in [0.3, 0.4) is 0 Å². The summed E-state index contributed by atoms with van der Waals surface area (Å²) in [7, 11) is 0. The van der Waals surface area contributed by atoms with E-state index in [2.05, 4.69) is 26.1 Å². The minimum Gasteiger partial charge on any atom is -0.377 e. The molecule has 94 valence electrons. The van der Waals surface area contributed by atoms with Gasteiger partial charge in [-0.3, -0.25) is 0 Å². The van der Waals surface area contributed by atoms with Crippen molar-refractivity contribution < 1.29 is 9.47 Å². The lowest BCUT2D eigenvalue weighted by molar-refractivity contribution is -0.114. The van der Waals surface area contributed by atoms with Crippen LogP contribution in [0.5, 0.6) is 0 Å². The third-order valence-corrected chi connectivity index (χ3v) is 4.18. The molecule has 0 radical (unpaired) electrons. The summed E-state index contributed by atoms with van der Waals surface area (Å²) in [6, 6.07) is 0.600. The summed E-state index contributed by atoms with van der Waals surface area (Å²) in [5.41, 5.74) is 0.285. The Kier molecular flexibility index (Phi) is 3.57. The van der Waals surface area contributed by atoms with Gasteiger partial charge in [0.2, 0.25) is 0 Å². The molecule has 0 amide bonds. The van der Waals surface area contributed by atoms with Crippen LogP contribution in [0.15, 0.2) is 0 Å². The number of rotatable bonds is 5. The van der Waals surface area contributed by atoms with Crippen LogP contribution in [0.4, 0.5) is 0 Å². The largest absolute Gasteiger partial charge is 0.377 e. The molecular formula is C13H25NO2. The van der Waals surface area contributed by atoms with Gasteiger partial charge in [-0.25, -0.2) is 0 Å². The molecule has 1 N–H and O–H groups in total. The van der Waals surface area contributed by atoms with Gasteiger partial charge in [0.05, 0.1) is 12.2 Å². The number of nitrogens with one attached hydrogen (secondary N) is 1. The summed E-state index contributed by atoms with van der Waals surface area (Å²) < 4.78 is 11.3. The quantitative estimate of drug-likeness (QED) is 0.777. The third-order valence-electron chi connectivity index (χ3n) is 4.18. The van der Waals surface area contributed by atoms with Gasteiger partial charge in [0, 0.05) is 37.1 Å². The topological polar surface area (TPSA) is 30.5 Å². The number of fused-ring (bicyclic) bond motifs is 1. The molecule has 0 aromatic heterocycles. The van der Waals surface area contributed by atoms with Gasteiger partial charge in [-0.2, -0.15) is 0 Å². The molecule has 4 atom stereocenters. The fourth-order valence-electron chi connectivity index (χ4n) is 3.38. The summed E-state index contributed by atoms with van der Waals surface area (Å²) in [6.07, 6.45) is 2.00. The first-order chi connectivity index (χ1) is 7.57. The lowest BCUT2D eigenvalue weighted by Crippen LogP contribution is -2.66. The first-order valence-electron chi connectivity index (χ1n) is 6.54. The first kappa shape index (κ1) is 12.3. The maximum atomic E-state index is 5.78. The average Bonchev–Trinajstić information content (AvgIpc) is 2.64. The predicted molar refractivity (Wildman–Crippen MR) is 64.5 cm³/mol. The van der Waals surface area contributed by atoms with Crippen molar-refractivity contribution in [2.24, 2.45) is 11.3 Å². The van der Waals surface area contributed by atoms with Gasteiger partial charge < -0.3 is 14.8 Å². The van der Waals surface area contributed by atoms with E-state index in [1.165, 1.54) is 6.42 Å². The molecule has 16 heavy (non-hydrogen) atoms. The highest BCUT2D eigenvalue weighted by Gasteiger charge is 2.58. The zero-order valence-corrected chi connectivity index (χ0v) is 11.0. The fourth-order valence-corrected chi connectivity index (χ4v) is 3.38. The first-order valence-corrected chi connectivity index (χ1v) is 6.54. The van der Waals surface area contributed by atoms with Gasteiger partial charge >= 0.3 is 0 Å². The molecule has 4 unspecified atom stereocenters. The summed E-state index contributed by atoms with van der Waals surface area (Å²) in [4.78, 5) is 0. The second-order valence-corrected chi connectivity index (χ2v) is 5.72. The van der Waals surface area contributed by atoms with Crippen molar-refractivity contribution in [3.8, 4) is 0 Å². The van der Waals surface area contributed by atoms with Crippen molar-refractivity contribution in [1.82, 2.24) is 5.32 Å². The molecular weight excluding hydrogens is 202 g/mol. The van der Waals surface area contributed by atoms with Crippen LogP contribution < -0.4 is 5.32 Å². The van der Waals surface area contributed by atoms with E-state index >= 15 is 0 Å². The fraction of sp³-hybridized carbons (Fsp3) is 1.00. The molecule has 0 aromatic rings. The van der Waals surface area contributed by atoms with E-state index < -0.39 is 0 Å². The average molecular weight is 227 g/mol. The van der Waals surface area contributed by atoms with Gasteiger partial charge in [-0.15, -0.1) is 0 Å². The molecule has 2 fully saturated rings. The van der Waals surface area contributed by atoms with E-state index in [1.807, 2.05) is 6.92 Å². The second kappa shape index (κ2) is 4.63. The molecule has 1 aliphatic carbocycles. The van der Waals surface area contributed by atoms with E-state index in [0.29, 0.717) is 18.2 Å². The Bertz CT molecular complexity index is 242. The van der Waals surface area contributed by atoms with E-state index in [4.69, 9.17) is 9.47 Å². The molecule has 1 aliphatic heterocycles. The zero-order chi connectivity index (χ0) is 11.8. The summed E-state index contributed by atoms with van der Waals surface area (Å²) >= 11 is 0. The third kappa shape index (κ3) is 2.01. The van der Waals surface area contributed by atoms with Crippen LogP contribution in [0.25, 0.3) is 0 Å². The molecule has 1 saturated heterocycles. The predicted octanol–water partition coefficient (Wildman–Crippen LogP) is 1.81. The standard InChI is InChI=1S/C13H25NO2/c1-5-15-9(2)8-14-11-10-6-7-16-12(10)13(11,3)4/h9-12,14H,5-8H2,1-4H3. The van der Waals surface area contributed by atoms with Crippen molar-refractivity contribution in [3.05, 3.63) is 0 Å². The number of hydrogen-bond donors (Lipinski definition) is 1. The molecule has 1 saturated carbocycles. The van der Waals surface area contributed by atoms with Crippen molar-refractivity contribution in [3.63, 3.8) is 0 Å². The molecule has 3 nitrogen and oxygen atoms in total. The van der Waals surface area contributed by atoms with Gasteiger partial charge in [0.15, 0.2) is 0 Å². The van der Waals surface area contributed by atoms with Crippen LogP contribution >= 0.6 is 0 Å². The van der Waals surface area contributed by atoms with E-state index in [9.17, 15) is 0 Å². The smallest absolute Gasteiger partial charge is 0.0685 e. The summed E-state index contributed by atoms with van der Waals surface area (Å²) in [5, 5.41) is 3.66. The van der Waals surface area contributed by atoms with E-state index in [1.54, 1.807) is 0 Å². The Morgan fingerprint density at radius 1 is 1.50 bits per heavy atom. The lowest BCUT2D eigenvalue weighted by atomic mass is 9.57. The Hall–Kier alpha value is -0.120. The number of ether oxygens (including phenoxy) is 2. The van der Waals surface area contributed by atoms with Gasteiger partial charge in [-0.05, 0) is 20.3 Å². The molecule has 0 bridgehead atoms. The SMILES string of the molecule is CCOC(C)CNC1C2CCOC2C1(C)C. The van der Waals surface area contributed by atoms with Crippen molar-refractivity contribution in [1.29, 1.82) is 0 Å². The Morgan fingerprint density at radius 2 is 2.25 bits per heavy atom. The molecule has 2 rings (SSSR count). The molecule has 0 spiro atoms. The Labute approximate surface area is 98.9 Å². The maximum absolute atomic E-state index is 5.78.